The van der Waals surface area contributed by atoms with Gasteiger partial charge in [0, 0.05) is 20.5 Å². The number of halogens is 2. The van der Waals surface area contributed by atoms with E-state index in [0.717, 1.165) is 10.6 Å². The Balaban J connectivity index is 2.25. The van der Waals surface area contributed by atoms with Gasteiger partial charge in [-0.2, -0.15) is 0 Å². The molecule has 0 spiro atoms. The van der Waals surface area contributed by atoms with Crippen molar-refractivity contribution in [2.45, 2.75) is 17.6 Å². The highest BCUT2D eigenvalue weighted by atomic mass is 35.5. The fraction of sp³-hybridized carbons (Fsp3) is 0.200. The third-order valence-corrected chi connectivity index (χ3v) is 5.71. The third kappa shape index (κ3) is 4.56. The normalized spacial score (nSPS) is 11.4. The molecule has 0 bridgehead atoms. The monoisotopic (exact) mass is 375 g/mol. The minimum atomic E-state index is -3.61. The first-order chi connectivity index (χ1) is 10.4. The molecule has 0 radical (unpaired) electrons. The van der Waals surface area contributed by atoms with Crippen LogP contribution in [-0.4, -0.2) is 14.2 Å². The van der Waals surface area contributed by atoms with Crippen LogP contribution in [0.4, 0.5) is 5.69 Å². The summed E-state index contributed by atoms with van der Waals surface area (Å²) in [5.74, 6) is 0.589. The number of nitrogens with one attached hydrogen (secondary N) is 1. The van der Waals surface area contributed by atoms with Gasteiger partial charge in [0.25, 0.3) is 0 Å². The van der Waals surface area contributed by atoms with Gasteiger partial charge in [0.2, 0.25) is 10.0 Å². The molecule has 118 valence electrons. The van der Waals surface area contributed by atoms with E-state index in [2.05, 4.69) is 4.72 Å². The summed E-state index contributed by atoms with van der Waals surface area (Å²) < 4.78 is 27.4. The molecule has 0 aliphatic rings. The van der Waals surface area contributed by atoms with E-state index in [1.54, 1.807) is 42.1 Å². The van der Waals surface area contributed by atoms with Gasteiger partial charge in [-0.05, 0) is 30.0 Å². The molecule has 0 atom stereocenters. The Kier molecular flexibility index (Phi) is 6.03. The van der Waals surface area contributed by atoms with Crippen LogP contribution < -0.4 is 4.72 Å². The van der Waals surface area contributed by atoms with Crippen molar-refractivity contribution >= 4 is 50.7 Å². The van der Waals surface area contributed by atoms with Gasteiger partial charge in [-0.1, -0.05) is 48.3 Å². The largest absolute Gasteiger partial charge is 0.282 e. The van der Waals surface area contributed by atoms with Crippen molar-refractivity contribution in [1.82, 2.24) is 0 Å². The maximum Gasteiger partial charge on any atom is 0.237 e. The van der Waals surface area contributed by atoms with Crippen LogP contribution in [0.2, 0.25) is 10.0 Å². The second-order valence-corrected chi connectivity index (χ2v) is 8.33. The number of para-hydroxylation sites is 1. The molecule has 0 aliphatic heterocycles. The molecule has 0 amide bonds. The molecule has 0 saturated heterocycles. The molecule has 2 rings (SSSR count). The van der Waals surface area contributed by atoms with Gasteiger partial charge >= 0.3 is 0 Å². The number of hydrogen-bond donors (Lipinski definition) is 1. The molecule has 22 heavy (non-hydrogen) atoms. The molecular formula is C15H15Cl2NO2S2. The first-order valence-corrected chi connectivity index (χ1v) is 9.97. The molecule has 0 saturated carbocycles. The summed E-state index contributed by atoms with van der Waals surface area (Å²) in [4.78, 5) is 0.888. The zero-order valence-electron chi connectivity index (χ0n) is 11.8. The lowest BCUT2D eigenvalue weighted by atomic mass is 10.2. The Morgan fingerprint density at radius 3 is 2.32 bits per heavy atom. The summed E-state index contributed by atoms with van der Waals surface area (Å²) in [6, 6.07) is 12.2. The fourth-order valence-electron chi connectivity index (χ4n) is 1.90. The van der Waals surface area contributed by atoms with Crippen LogP contribution >= 0.6 is 35.0 Å². The van der Waals surface area contributed by atoms with E-state index in [1.165, 1.54) is 0 Å². The predicted octanol–water partition coefficient (Wildman–Crippen LogP) is 5.05. The summed E-state index contributed by atoms with van der Waals surface area (Å²) in [5, 5.41) is 0.684. The number of anilines is 1. The highest BCUT2D eigenvalue weighted by molar-refractivity contribution is 7.99. The maximum absolute atomic E-state index is 12.4. The number of rotatable bonds is 6. The fourth-order valence-corrected chi connectivity index (χ4v) is 4.69. The Morgan fingerprint density at radius 2 is 1.68 bits per heavy atom. The highest BCUT2D eigenvalue weighted by Crippen LogP contribution is 2.30. The quantitative estimate of drug-likeness (QED) is 0.718. The first kappa shape index (κ1) is 17.5. The van der Waals surface area contributed by atoms with Gasteiger partial charge in [0.15, 0.2) is 0 Å². The molecule has 2 aromatic rings. The van der Waals surface area contributed by atoms with E-state index in [4.69, 9.17) is 23.2 Å². The van der Waals surface area contributed by atoms with E-state index >= 15 is 0 Å². The van der Waals surface area contributed by atoms with Crippen LogP contribution in [0.1, 0.15) is 12.5 Å². The van der Waals surface area contributed by atoms with Crippen LogP contribution in [-0.2, 0) is 15.8 Å². The van der Waals surface area contributed by atoms with E-state index in [1.807, 2.05) is 19.1 Å². The number of thioether (sulfide) groups is 1. The summed E-state index contributed by atoms with van der Waals surface area (Å²) in [5.41, 5.74) is 0.969. The van der Waals surface area contributed by atoms with Crippen molar-refractivity contribution in [3.63, 3.8) is 0 Å². The summed E-state index contributed by atoms with van der Waals surface area (Å²) in [6.45, 7) is 2.01. The second kappa shape index (κ2) is 7.59. The minimum absolute atomic E-state index is 0.267. The summed E-state index contributed by atoms with van der Waals surface area (Å²) in [6.07, 6.45) is 0. The van der Waals surface area contributed by atoms with Gasteiger partial charge in [-0.3, -0.25) is 4.72 Å². The lowest BCUT2D eigenvalue weighted by molar-refractivity contribution is 0.600. The average molecular weight is 376 g/mol. The Labute approximate surface area is 145 Å². The van der Waals surface area contributed by atoms with E-state index in [-0.39, 0.29) is 5.75 Å². The molecule has 0 unspecified atom stereocenters. The molecule has 0 fully saturated rings. The van der Waals surface area contributed by atoms with Crippen molar-refractivity contribution in [2.75, 3.05) is 10.5 Å². The maximum atomic E-state index is 12.4. The topological polar surface area (TPSA) is 46.2 Å². The average Bonchev–Trinajstić information content (AvgIpc) is 2.45. The molecule has 0 aromatic heterocycles. The van der Waals surface area contributed by atoms with E-state index < -0.39 is 10.0 Å². The van der Waals surface area contributed by atoms with Gasteiger partial charge < -0.3 is 0 Å². The first-order valence-electron chi connectivity index (χ1n) is 6.58. The SMILES string of the molecule is CCSc1ccccc1NS(=O)(=O)Cc1c(Cl)cccc1Cl. The number of hydrogen-bond acceptors (Lipinski definition) is 3. The van der Waals surface area contributed by atoms with Crippen LogP contribution in [0.15, 0.2) is 47.4 Å². The van der Waals surface area contributed by atoms with Crippen molar-refractivity contribution in [1.29, 1.82) is 0 Å². The molecule has 1 N–H and O–H groups in total. The van der Waals surface area contributed by atoms with Crippen LogP contribution in [0.25, 0.3) is 0 Å². The van der Waals surface area contributed by atoms with Gasteiger partial charge in [0.1, 0.15) is 0 Å². The molecule has 2 aromatic carbocycles. The lowest BCUT2D eigenvalue weighted by Crippen LogP contribution is -2.16. The van der Waals surface area contributed by atoms with Crippen molar-refractivity contribution in [2.24, 2.45) is 0 Å². The third-order valence-electron chi connectivity index (χ3n) is 2.85. The van der Waals surface area contributed by atoms with E-state index in [9.17, 15) is 8.42 Å². The zero-order valence-corrected chi connectivity index (χ0v) is 15.0. The number of benzene rings is 2. The lowest BCUT2D eigenvalue weighted by Gasteiger charge is -2.13. The Bertz CT molecular complexity index is 744. The van der Waals surface area contributed by atoms with E-state index in [0.29, 0.717) is 21.3 Å². The molecule has 0 heterocycles. The predicted molar refractivity (Wildman–Crippen MR) is 95.5 cm³/mol. The molecule has 3 nitrogen and oxygen atoms in total. The van der Waals surface area contributed by atoms with Crippen LogP contribution in [0.5, 0.6) is 0 Å². The molecule has 7 heteroatoms. The summed E-state index contributed by atoms with van der Waals surface area (Å²) in [7, 11) is -3.61. The zero-order chi connectivity index (χ0) is 16.2. The van der Waals surface area contributed by atoms with Crippen molar-refractivity contribution in [3.05, 3.63) is 58.1 Å². The second-order valence-electron chi connectivity index (χ2n) is 4.49. The van der Waals surface area contributed by atoms with Crippen LogP contribution in [0, 0.1) is 0 Å². The standard InChI is InChI=1S/C15H15Cl2NO2S2/c1-2-21-15-9-4-3-8-14(15)18-22(19,20)10-11-12(16)6-5-7-13(11)17/h3-9,18H,2,10H2,1H3. The number of sulfonamides is 1. The molecule has 0 aliphatic carbocycles. The Morgan fingerprint density at radius 1 is 1.05 bits per heavy atom. The summed E-state index contributed by atoms with van der Waals surface area (Å²) >= 11 is 13.7. The Hall–Kier alpha value is -0.880. The van der Waals surface area contributed by atoms with Gasteiger partial charge in [-0.15, -0.1) is 11.8 Å². The van der Waals surface area contributed by atoms with Crippen LogP contribution in [0.3, 0.4) is 0 Å². The van der Waals surface area contributed by atoms with Gasteiger partial charge in [0.05, 0.1) is 11.4 Å². The van der Waals surface area contributed by atoms with Crippen molar-refractivity contribution < 1.29 is 8.42 Å². The smallest absolute Gasteiger partial charge is 0.237 e. The molecular weight excluding hydrogens is 361 g/mol. The van der Waals surface area contributed by atoms with Crippen molar-refractivity contribution in [3.8, 4) is 0 Å². The minimum Gasteiger partial charge on any atom is -0.282 e. The highest BCUT2D eigenvalue weighted by Gasteiger charge is 2.17. The van der Waals surface area contributed by atoms with Gasteiger partial charge in [-0.25, -0.2) is 8.42 Å².